The van der Waals surface area contributed by atoms with Gasteiger partial charge in [0.15, 0.2) is 0 Å². The van der Waals surface area contributed by atoms with Crippen LogP contribution in [0, 0.1) is 0 Å². The second kappa shape index (κ2) is 8.35. The molecule has 0 aliphatic heterocycles. The largest absolute Gasteiger partial charge is 0.460 e. The molecule has 0 spiro atoms. The number of primary amides is 1. The fourth-order valence-corrected chi connectivity index (χ4v) is 2.05. The average Bonchev–Trinajstić information content (AvgIpc) is 2.64. The molecule has 3 N–H and O–H groups in total. The first-order valence-electron chi connectivity index (χ1n) is 7.66. The van der Waals surface area contributed by atoms with Crippen molar-refractivity contribution in [3.63, 3.8) is 0 Å². The van der Waals surface area contributed by atoms with E-state index in [1.165, 1.54) is 12.1 Å². The number of benzene rings is 2. The highest BCUT2D eigenvalue weighted by Gasteiger charge is 2.30. The first kappa shape index (κ1) is 20.0. The van der Waals surface area contributed by atoms with Crippen LogP contribution in [0.15, 0.2) is 48.5 Å². The summed E-state index contributed by atoms with van der Waals surface area (Å²) in [4.78, 5) is 34.4. The number of rotatable bonds is 6. The third-order valence-electron chi connectivity index (χ3n) is 3.51. The first-order chi connectivity index (χ1) is 12.7. The van der Waals surface area contributed by atoms with Gasteiger partial charge in [-0.1, -0.05) is 12.1 Å². The maximum Gasteiger partial charge on any atom is 0.416 e. The van der Waals surface area contributed by atoms with E-state index in [0.29, 0.717) is 11.1 Å². The van der Waals surface area contributed by atoms with E-state index in [9.17, 15) is 27.6 Å². The van der Waals surface area contributed by atoms with Crippen molar-refractivity contribution in [1.82, 2.24) is 5.32 Å². The lowest BCUT2D eigenvalue weighted by Crippen LogP contribution is -2.30. The van der Waals surface area contributed by atoms with Crippen LogP contribution in [0.3, 0.4) is 0 Å². The van der Waals surface area contributed by atoms with Gasteiger partial charge in [0.1, 0.15) is 13.2 Å². The topological polar surface area (TPSA) is 98.5 Å². The van der Waals surface area contributed by atoms with Crippen LogP contribution in [0.5, 0.6) is 0 Å². The van der Waals surface area contributed by atoms with Gasteiger partial charge in [0.25, 0.3) is 5.91 Å². The number of hydrogen-bond donors (Lipinski definition) is 2. The zero-order chi connectivity index (χ0) is 20.0. The molecule has 0 fully saturated rings. The van der Waals surface area contributed by atoms with Crippen LogP contribution in [0.2, 0.25) is 0 Å². The van der Waals surface area contributed by atoms with Crippen molar-refractivity contribution in [2.75, 3.05) is 6.54 Å². The molecule has 2 amide bonds. The molecule has 2 rings (SSSR count). The quantitative estimate of drug-likeness (QED) is 0.751. The van der Waals surface area contributed by atoms with Crippen LogP contribution >= 0.6 is 0 Å². The summed E-state index contributed by atoms with van der Waals surface area (Å²) in [7, 11) is 0. The fraction of sp³-hybridized carbons (Fsp3) is 0.167. The molecular formula is C18H15F3N2O4. The van der Waals surface area contributed by atoms with Gasteiger partial charge in [0.2, 0.25) is 5.91 Å². The predicted molar refractivity (Wildman–Crippen MR) is 88.5 cm³/mol. The highest BCUT2D eigenvalue weighted by atomic mass is 19.4. The second-order valence-electron chi connectivity index (χ2n) is 5.48. The van der Waals surface area contributed by atoms with Gasteiger partial charge >= 0.3 is 12.1 Å². The predicted octanol–water partition coefficient (Wildman–Crippen LogP) is 2.28. The highest BCUT2D eigenvalue weighted by molar-refractivity contribution is 5.96. The van der Waals surface area contributed by atoms with Gasteiger partial charge in [0.05, 0.1) is 5.56 Å². The van der Waals surface area contributed by atoms with E-state index in [2.05, 4.69) is 5.32 Å². The van der Waals surface area contributed by atoms with Crippen LogP contribution < -0.4 is 11.1 Å². The van der Waals surface area contributed by atoms with Gasteiger partial charge in [-0.15, -0.1) is 0 Å². The number of nitrogens with two attached hydrogens (primary N) is 1. The number of hydrogen-bond acceptors (Lipinski definition) is 4. The molecule has 0 unspecified atom stereocenters. The van der Waals surface area contributed by atoms with Gasteiger partial charge in [-0.3, -0.25) is 14.4 Å². The Morgan fingerprint density at radius 1 is 0.926 bits per heavy atom. The van der Waals surface area contributed by atoms with Crippen LogP contribution in [-0.4, -0.2) is 24.3 Å². The summed E-state index contributed by atoms with van der Waals surface area (Å²) < 4.78 is 42.4. The van der Waals surface area contributed by atoms with Crippen LogP contribution in [0.25, 0.3) is 0 Å². The van der Waals surface area contributed by atoms with Crippen LogP contribution in [-0.2, 0) is 22.3 Å². The zero-order valence-electron chi connectivity index (χ0n) is 13.9. The zero-order valence-corrected chi connectivity index (χ0v) is 13.9. The average molecular weight is 380 g/mol. The summed E-state index contributed by atoms with van der Waals surface area (Å²) in [5.74, 6) is -2.01. The van der Waals surface area contributed by atoms with E-state index < -0.39 is 36.1 Å². The number of carbonyl (C=O) groups is 3. The van der Waals surface area contributed by atoms with Gasteiger partial charge in [-0.05, 0) is 42.0 Å². The summed E-state index contributed by atoms with van der Waals surface area (Å²) in [6, 6.07) is 9.69. The fourth-order valence-electron chi connectivity index (χ4n) is 2.05. The minimum Gasteiger partial charge on any atom is -0.460 e. The molecule has 0 aliphatic rings. The standard InChI is InChI=1S/C18H15F3N2O4/c19-18(20,21)14-7-5-13(6-8-14)17(26)23-9-15(24)27-10-11-1-3-12(4-2-11)16(22)25/h1-8H,9-10H2,(H2,22,25)(H,23,26). The Bertz CT molecular complexity index is 831. The normalized spacial score (nSPS) is 10.9. The molecule has 2 aromatic carbocycles. The first-order valence-corrected chi connectivity index (χ1v) is 7.66. The Labute approximate surface area is 152 Å². The Morgan fingerprint density at radius 2 is 1.48 bits per heavy atom. The third kappa shape index (κ3) is 5.84. The third-order valence-corrected chi connectivity index (χ3v) is 3.51. The van der Waals surface area contributed by atoms with Crippen molar-refractivity contribution in [3.05, 3.63) is 70.8 Å². The van der Waals surface area contributed by atoms with Gasteiger partial charge in [0, 0.05) is 11.1 Å². The van der Waals surface area contributed by atoms with Crippen LogP contribution in [0.1, 0.15) is 31.8 Å². The summed E-state index contributed by atoms with van der Waals surface area (Å²) >= 11 is 0. The summed E-state index contributed by atoms with van der Waals surface area (Å²) in [6.07, 6.45) is -4.49. The molecule has 2 aromatic rings. The van der Waals surface area contributed by atoms with Gasteiger partial charge < -0.3 is 15.8 Å². The lowest BCUT2D eigenvalue weighted by molar-refractivity contribution is -0.143. The smallest absolute Gasteiger partial charge is 0.416 e. The minimum atomic E-state index is -4.49. The number of alkyl halides is 3. The van der Waals surface area contributed by atoms with E-state index in [4.69, 9.17) is 10.5 Å². The van der Waals surface area contributed by atoms with Crippen molar-refractivity contribution >= 4 is 17.8 Å². The van der Waals surface area contributed by atoms with E-state index >= 15 is 0 Å². The molecule has 0 atom stereocenters. The summed E-state index contributed by atoms with van der Waals surface area (Å²) in [5, 5.41) is 2.26. The SMILES string of the molecule is NC(=O)c1ccc(COC(=O)CNC(=O)c2ccc(C(F)(F)F)cc2)cc1. The Balaban J connectivity index is 1.81. The molecule has 9 heteroatoms. The maximum atomic E-state index is 12.5. The Kier molecular flexibility index (Phi) is 6.17. The molecule has 6 nitrogen and oxygen atoms in total. The van der Waals surface area contributed by atoms with E-state index in [-0.39, 0.29) is 12.2 Å². The van der Waals surface area contributed by atoms with E-state index in [0.717, 1.165) is 24.3 Å². The molecule has 0 radical (unpaired) electrons. The second-order valence-corrected chi connectivity index (χ2v) is 5.48. The molecule has 0 saturated heterocycles. The molecule has 0 heterocycles. The monoisotopic (exact) mass is 380 g/mol. The molecule has 0 aliphatic carbocycles. The number of amides is 2. The van der Waals surface area contributed by atoms with Gasteiger partial charge in [-0.2, -0.15) is 13.2 Å². The molecule has 0 aromatic heterocycles. The van der Waals surface area contributed by atoms with Gasteiger partial charge in [-0.25, -0.2) is 0 Å². The molecular weight excluding hydrogens is 365 g/mol. The number of esters is 1. The molecule has 27 heavy (non-hydrogen) atoms. The number of halogens is 3. The summed E-state index contributed by atoms with van der Waals surface area (Å²) in [5.41, 5.74) is 5.15. The van der Waals surface area contributed by atoms with Crippen molar-refractivity contribution in [3.8, 4) is 0 Å². The van der Waals surface area contributed by atoms with E-state index in [1.807, 2.05) is 0 Å². The lowest BCUT2D eigenvalue weighted by atomic mass is 10.1. The van der Waals surface area contributed by atoms with Crippen molar-refractivity contribution in [2.24, 2.45) is 5.73 Å². The Hall–Kier alpha value is -3.36. The van der Waals surface area contributed by atoms with E-state index in [1.54, 1.807) is 12.1 Å². The molecule has 0 bridgehead atoms. The number of nitrogens with one attached hydrogen (secondary N) is 1. The minimum absolute atomic E-state index is 0.0159. The summed E-state index contributed by atoms with van der Waals surface area (Å²) in [6.45, 7) is -0.521. The van der Waals surface area contributed by atoms with Crippen molar-refractivity contribution in [2.45, 2.75) is 12.8 Å². The highest BCUT2D eigenvalue weighted by Crippen LogP contribution is 2.29. The molecule has 0 saturated carbocycles. The van der Waals surface area contributed by atoms with Crippen LogP contribution in [0.4, 0.5) is 13.2 Å². The number of carbonyl (C=O) groups excluding carboxylic acids is 3. The van der Waals surface area contributed by atoms with Crippen molar-refractivity contribution < 1.29 is 32.3 Å². The van der Waals surface area contributed by atoms with Crippen molar-refractivity contribution in [1.29, 1.82) is 0 Å². The Morgan fingerprint density at radius 3 is 2.00 bits per heavy atom. The maximum absolute atomic E-state index is 12.5. The lowest BCUT2D eigenvalue weighted by Gasteiger charge is -2.09. The molecule has 142 valence electrons. The number of ether oxygens (including phenoxy) is 1.